The molecule has 2 rings (SSSR count). The standard InChI is InChI=1S/C39H64N2O2/c1-2-3-4-11-21-28-39-37(27-20-13-8-6-10-15-23-32-41-34-43)36(29-30-38(39)35-24-18-16-19-25-35)26-17-12-7-5-9-14-22-31-40-33-42/h16,18-19,24-25,36-39H,2-15,17,20-23,26-32H2,1H3. The number of hydrogen-bond donors (Lipinski definition) is 0. The van der Waals surface area contributed by atoms with Gasteiger partial charge in [0.25, 0.3) is 0 Å². The lowest BCUT2D eigenvalue weighted by Crippen LogP contribution is -2.34. The second-order valence-corrected chi connectivity index (χ2v) is 13.4. The summed E-state index contributed by atoms with van der Waals surface area (Å²) < 4.78 is 0. The monoisotopic (exact) mass is 592 g/mol. The molecular formula is C39H64N2O2. The molecular weight excluding hydrogens is 528 g/mol. The third kappa shape index (κ3) is 17.2. The van der Waals surface area contributed by atoms with Crippen LogP contribution in [0.2, 0.25) is 0 Å². The first-order valence-electron chi connectivity index (χ1n) is 18.4. The molecule has 0 aromatic heterocycles. The Morgan fingerprint density at radius 1 is 0.558 bits per heavy atom. The minimum absolute atomic E-state index is 0.646. The number of unbranched alkanes of at least 4 members (excludes halogenated alkanes) is 16. The van der Waals surface area contributed by atoms with E-state index in [1.807, 2.05) is 0 Å². The number of nitrogens with zero attached hydrogens (tertiary/aromatic N) is 2. The maximum absolute atomic E-state index is 10.2. The fourth-order valence-corrected chi connectivity index (χ4v) is 7.82. The third-order valence-corrected chi connectivity index (χ3v) is 10.2. The second-order valence-electron chi connectivity index (χ2n) is 13.4. The molecule has 0 spiro atoms. The van der Waals surface area contributed by atoms with E-state index in [9.17, 15) is 9.59 Å². The molecule has 0 aliphatic heterocycles. The maximum atomic E-state index is 10.2. The minimum Gasteiger partial charge on any atom is -0.211 e. The van der Waals surface area contributed by atoms with Crippen molar-refractivity contribution in [2.24, 2.45) is 27.7 Å². The van der Waals surface area contributed by atoms with Crippen molar-refractivity contribution in [1.82, 2.24) is 0 Å². The number of isocyanates is 2. The van der Waals surface area contributed by atoms with Crippen molar-refractivity contribution >= 4 is 12.2 Å². The molecule has 4 unspecified atom stereocenters. The molecule has 1 aliphatic carbocycles. The van der Waals surface area contributed by atoms with Gasteiger partial charge in [-0.25, -0.2) is 19.6 Å². The van der Waals surface area contributed by atoms with E-state index in [0.29, 0.717) is 13.1 Å². The van der Waals surface area contributed by atoms with E-state index < -0.39 is 0 Å². The fraction of sp³-hybridized carbons (Fsp3) is 0.795. The normalized spacial score (nSPS) is 19.9. The van der Waals surface area contributed by atoms with Crippen LogP contribution in [-0.2, 0) is 9.59 Å². The van der Waals surface area contributed by atoms with E-state index in [1.54, 1.807) is 17.7 Å². The van der Waals surface area contributed by atoms with Crippen molar-refractivity contribution in [2.75, 3.05) is 13.1 Å². The van der Waals surface area contributed by atoms with E-state index in [0.717, 1.165) is 36.5 Å². The number of carbonyl (C=O) groups excluding carboxylic acids is 2. The van der Waals surface area contributed by atoms with Gasteiger partial charge in [0.2, 0.25) is 12.2 Å². The van der Waals surface area contributed by atoms with Crippen LogP contribution in [0.1, 0.15) is 173 Å². The number of aliphatic imine (C=N–C) groups is 2. The summed E-state index contributed by atoms with van der Waals surface area (Å²) in [5, 5.41) is 0. The van der Waals surface area contributed by atoms with E-state index in [-0.39, 0.29) is 0 Å². The Bertz CT molecular complexity index is 874. The lowest BCUT2D eigenvalue weighted by Gasteiger charge is -2.44. The van der Waals surface area contributed by atoms with Crippen LogP contribution in [-0.4, -0.2) is 25.2 Å². The molecule has 43 heavy (non-hydrogen) atoms. The van der Waals surface area contributed by atoms with E-state index >= 15 is 0 Å². The molecule has 1 aliphatic rings. The van der Waals surface area contributed by atoms with Crippen LogP contribution in [0.15, 0.2) is 40.3 Å². The first-order valence-corrected chi connectivity index (χ1v) is 18.4. The van der Waals surface area contributed by atoms with Crippen LogP contribution < -0.4 is 0 Å². The molecule has 0 N–H and O–H groups in total. The molecule has 0 amide bonds. The molecule has 0 heterocycles. The Balaban J connectivity index is 1.91. The average molecular weight is 593 g/mol. The Hall–Kier alpha value is -2.02. The highest BCUT2D eigenvalue weighted by molar-refractivity contribution is 5.32. The second kappa shape index (κ2) is 26.4. The van der Waals surface area contributed by atoms with E-state index in [1.165, 1.54) is 141 Å². The van der Waals surface area contributed by atoms with Crippen LogP contribution in [0.25, 0.3) is 0 Å². The van der Waals surface area contributed by atoms with Crippen molar-refractivity contribution in [1.29, 1.82) is 0 Å². The zero-order valence-electron chi connectivity index (χ0n) is 27.8. The molecule has 0 radical (unpaired) electrons. The van der Waals surface area contributed by atoms with Crippen LogP contribution >= 0.6 is 0 Å². The largest absolute Gasteiger partial charge is 0.234 e. The van der Waals surface area contributed by atoms with E-state index in [4.69, 9.17) is 0 Å². The van der Waals surface area contributed by atoms with Gasteiger partial charge in [-0.1, -0.05) is 153 Å². The summed E-state index contributed by atoms with van der Waals surface area (Å²) in [6.07, 6.45) is 35.1. The molecule has 242 valence electrons. The zero-order valence-corrected chi connectivity index (χ0v) is 27.8. The molecule has 4 heteroatoms. The van der Waals surface area contributed by atoms with Gasteiger partial charge >= 0.3 is 0 Å². The topological polar surface area (TPSA) is 58.9 Å². The van der Waals surface area contributed by atoms with Crippen LogP contribution in [0, 0.1) is 17.8 Å². The van der Waals surface area contributed by atoms with Crippen molar-refractivity contribution in [3.63, 3.8) is 0 Å². The van der Waals surface area contributed by atoms with Gasteiger partial charge in [0.05, 0.1) is 13.1 Å². The van der Waals surface area contributed by atoms with Gasteiger partial charge in [0.1, 0.15) is 0 Å². The lowest BCUT2D eigenvalue weighted by molar-refractivity contribution is 0.0969. The lowest BCUT2D eigenvalue weighted by atomic mass is 9.61. The van der Waals surface area contributed by atoms with Gasteiger partial charge in [-0.3, -0.25) is 0 Å². The Morgan fingerprint density at radius 2 is 1.02 bits per heavy atom. The third-order valence-electron chi connectivity index (χ3n) is 10.2. The van der Waals surface area contributed by atoms with Crippen molar-refractivity contribution in [2.45, 2.75) is 167 Å². The summed E-state index contributed by atoms with van der Waals surface area (Å²) in [6, 6.07) is 11.5. The van der Waals surface area contributed by atoms with Crippen LogP contribution in [0.3, 0.4) is 0 Å². The highest BCUT2D eigenvalue weighted by atomic mass is 16.1. The molecule has 0 bridgehead atoms. The highest BCUT2D eigenvalue weighted by Crippen LogP contribution is 2.50. The predicted molar refractivity (Wildman–Crippen MR) is 182 cm³/mol. The molecule has 4 atom stereocenters. The van der Waals surface area contributed by atoms with E-state index in [2.05, 4.69) is 47.2 Å². The smallest absolute Gasteiger partial charge is 0.211 e. The summed E-state index contributed by atoms with van der Waals surface area (Å²) in [6.45, 7) is 3.61. The summed E-state index contributed by atoms with van der Waals surface area (Å²) >= 11 is 0. The summed E-state index contributed by atoms with van der Waals surface area (Å²) in [4.78, 5) is 27.8. The van der Waals surface area contributed by atoms with Crippen LogP contribution in [0.4, 0.5) is 0 Å². The Morgan fingerprint density at radius 3 is 1.56 bits per heavy atom. The van der Waals surface area contributed by atoms with Gasteiger partial charge in [0, 0.05) is 0 Å². The Labute approximate surface area is 265 Å². The number of hydrogen-bond acceptors (Lipinski definition) is 4. The quantitative estimate of drug-likeness (QED) is 0.0579. The van der Waals surface area contributed by atoms with Crippen LogP contribution in [0.5, 0.6) is 0 Å². The van der Waals surface area contributed by atoms with Crippen molar-refractivity contribution in [3.05, 3.63) is 35.9 Å². The Kier molecular flexibility index (Phi) is 22.8. The summed E-state index contributed by atoms with van der Waals surface area (Å²) in [7, 11) is 0. The molecule has 0 saturated heterocycles. The first-order chi connectivity index (χ1) is 21.3. The fourth-order valence-electron chi connectivity index (χ4n) is 7.82. The average Bonchev–Trinajstić information content (AvgIpc) is 3.03. The van der Waals surface area contributed by atoms with Gasteiger partial charge in [-0.15, -0.1) is 0 Å². The summed E-state index contributed by atoms with van der Waals surface area (Å²) in [5.41, 5.74) is 1.60. The van der Waals surface area contributed by atoms with Crippen molar-refractivity contribution in [3.8, 4) is 0 Å². The van der Waals surface area contributed by atoms with Gasteiger partial charge in [-0.05, 0) is 67.8 Å². The summed E-state index contributed by atoms with van der Waals surface area (Å²) in [5.74, 6) is 3.37. The highest BCUT2D eigenvalue weighted by Gasteiger charge is 2.38. The predicted octanol–water partition coefficient (Wildman–Crippen LogP) is 11.7. The van der Waals surface area contributed by atoms with Gasteiger partial charge < -0.3 is 0 Å². The molecule has 4 nitrogen and oxygen atoms in total. The SMILES string of the molecule is CCCCCCCC1C(c2ccccc2)CCC(CCCCCCCCCN=C=O)C1CCCCCCCCCN=C=O. The van der Waals surface area contributed by atoms with Gasteiger partial charge in [0.15, 0.2) is 0 Å². The molecule has 1 aromatic rings. The zero-order chi connectivity index (χ0) is 30.6. The molecule has 1 fully saturated rings. The molecule has 1 saturated carbocycles. The number of rotatable bonds is 27. The minimum atomic E-state index is 0.646. The first kappa shape index (κ1) is 37.2. The van der Waals surface area contributed by atoms with Gasteiger partial charge in [-0.2, -0.15) is 0 Å². The van der Waals surface area contributed by atoms with Crippen molar-refractivity contribution < 1.29 is 9.59 Å². The molecule has 1 aromatic carbocycles. The number of benzene rings is 1. The maximum Gasteiger partial charge on any atom is 0.234 e.